The molecule has 1 aromatic rings. The molecule has 4 atom stereocenters. The van der Waals surface area contributed by atoms with Crippen LogP contribution in [0, 0.1) is 0 Å². The molecular formula is C11H15NO4S. The number of hydrogen-bond donors (Lipinski definition) is 4. The molecule has 0 saturated carbocycles. The summed E-state index contributed by atoms with van der Waals surface area (Å²) >= 11 is 1.29. The second-order valence-electron chi connectivity index (χ2n) is 3.89. The Morgan fingerprint density at radius 1 is 1.18 bits per heavy atom. The largest absolute Gasteiger partial charge is 0.399 e. The number of anilines is 1. The number of hydrogen-bond acceptors (Lipinski definition) is 6. The van der Waals surface area contributed by atoms with Crippen LogP contribution in [0.2, 0.25) is 0 Å². The van der Waals surface area contributed by atoms with Crippen molar-refractivity contribution in [2.24, 2.45) is 0 Å². The lowest BCUT2D eigenvalue weighted by molar-refractivity contribution is -0.00808. The number of aliphatic hydroxyl groups excluding tert-OH is 3. The first-order valence-corrected chi connectivity index (χ1v) is 6.14. The van der Waals surface area contributed by atoms with Gasteiger partial charge < -0.3 is 25.8 Å². The van der Waals surface area contributed by atoms with Gasteiger partial charge in [0, 0.05) is 10.6 Å². The standard InChI is InChI=1S/C11H15NO4S/c12-6-1-3-7(4-2-6)17-11-10(15)9(14)8(5-13)16-11/h1-4,8-11,13-15H,5,12H2/t8-,9-,10+,11-/m0/s1. The van der Waals surface area contributed by atoms with E-state index in [0.717, 1.165) is 4.90 Å². The van der Waals surface area contributed by atoms with Crippen molar-refractivity contribution in [1.29, 1.82) is 0 Å². The zero-order chi connectivity index (χ0) is 12.4. The molecule has 94 valence electrons. The number of benzene rings is 1. The van der Waals surface area contributed by atoms with Gasteiger partial charge in [-0.2, -0.15) is 0 Å². The molecule has 0 aromatic heterocycles. The highest BCUT2D eigenvalue weighted by Gasteiger charge is 2.42. The predicted octanol–water partition coefficient (Wildman–Crippen LogP) is -0.200. The topological polar surface area (TPSA) is 95.9 Å². The van der Waals surface area contributed by atoms with Crippen LogP contribution in [-0.2, 0) is 4.74 Å². The van der Waals surface area contributed by atoms with Crippen molar-refractivity contribution in [3.63, 3.8) is 0 Å². The smallest absolute Gasteiger partial charge is 0.136 e. The molecule has 1 aliphatic rings. The van der Waals surface area contributed by atoms with Gasteiger partial charge in [0.25, 0.3) is 0 Å². The van der Waals surface area contributed by atoms with Gasteiger partial charge in [-0.3, -0.25) is 0 Å². The van der Waals surface area contributed by atoms with E-state index in [1.807, 2.05) is 12.1 Å². The Balaban J connectivity index is 2.02. The maximum Gasteiger partial charge on any atom is 0.136 e. The van der Waals surface area contributed by atoms with Crippen molar-refractivity contribution in [3.05, 3.63) is 24.3 Å². The fourth-order valence-electron chi connectivity index (χ4n) is 1.64. The summed E-state index contributed by atoms with van der Waals surface area (Å²) in [5.41, 5.74) is 5.65. The van der Waals surface area contributed by atoms with Gasteiger partial charge in [0.15, 0.2) is 0 Å². The predicted molar refractivity (Wildman–Crippen MR) is 64.5 cm³/mol. The third-order valence-corrected chi connectivity index (χ3v) is 3.80. The first-order chi connectivity index (χ1) is 8.11. The molecule has 0 spiro atoms. The van der Waals surface area contributed by atoms with Gasteiger partial charge in [-0.15, -0.1) is 0 Å². The van der Waals surface area contributed by atoms with Crippen molar-refractivity contribution in [3.8, 4) is 0 Å². The van der Waals surface area contributed by atoms with Crippen molar-refractivity contribution >= 4 is 17.4 Å². The van der Waals surface area contributed by atoms with Crippen molar-refractivity contribution in [1.82, 2.24) is 0 Å². The Kier molecular flexibility index (Phi) is 3.90. The van der Waals surface area contributed by atoms with Gasteiger partial charge in [0.05, 0.1) is 6.61 Å². The Labute approximate surface area is 103 Å². The molecule has 6 heteroatoms. The van der Waals surface area contributed by atoms with Crippen molar-refractivity contribution < 1.29 is 20.1 Å². The lowest BCUT2D eigenvalue weighted by atomic mass is 10.2. The summed E-state index contributed by atoms with van der Waals surface area (Å²) in [7, 11) is 0. The van der Waals surface area contributed by atoms with Crippen molar-refractivity contribution in [2.75, 3.05) is 12.3 Å². The van der Waals surface area contributed by atoms with Crippen LogP contribution in [0.25, 0.3) is 0 Å². The van der Waals surface area contributed by atoms with E-state index in [-0.39, 0.29) is 6.61 Å². The van der Waals surface area contributed by atoms with E-state index in [1.165, 1.54) is 11.8 Å². The van der Waals surface area contributed by atoms with Crippen LogP contribution >= 0.6 is 11.8 Å². The Hall–Kier alpha value is -0.790. The summed E-state index contributed by atoms with van der Waals surface area (Å²) in [6, 6.07) is 7.14. The summed E-state index contributed by atoms with van der Waals surface area (Å²) in [4.78, 5) is 0.883. The molecule has 2 rings (SSSR count). The lowest BCUT2D eigenvalue weighted by Crippen LogP contribution is -2.33. The zero-order valence-electron chi connectivity index (χ0n) is 9.06. The average molecular weight is 257 g/mol. The molecule has 1 aliphatic heterocycles. The molecule has 0 radical (unpaired) electrons. The molecule has 1 saturated heterocycles. The van der Waals surface area contributed by atoms with Gasteiger partial charge >= 0.3 is 0 Å². The second kappa shape index (κ2) is 5.24. The molecule has 17 heavy (non-hydrogen) atoms. The highest BCUT2D eigenvalue weighted by Crippen LogP contribution is 2.34. The molecule has 0 unspecified atom stereocenters. The molecule has 1 heterocycles. The number of ether oxygens (including phenoxy) is 1. The maximum absolute atomic E-state index is 9.74. The summed E-state index contributed by atoms with van der Waals surface area (Å²) in [6.45, 7) is -0.309. The van der Waals surface area contributed by atoms with E-state index in [0.29, 0.717) is 5.69 Å². The fraction of sp³-hybridized carbons (Fsp3) is 0.455. The quantitative estimate of drug-likeness (QED) is 0.560. The van der Waals surface area contributed by atoms with Crippen LogP contribution in [0.4, 0.5) is 5.69 Å². The first-order valence-electron chi connectivity index (χ1n) is 5.26. The summed E-state index contributed by atoms with van der Waals surface area (Å²) < 4.78 is 5.35. The van der Waals surface area contributed by atoms with E-state index >= 15 is 0 Å². The minimum Gasteiger partial charge on any atom is -0.399 e. The van der Waals surface area contributed by atoms with Gasteiger partial charge in [0.2, 0.25) is 0 Å². The minimum atomic E-state index is -1.05. The van der Waals surface area contributed by atoms with E-state index < -0.39 is 23.7 Å². The minimum absolute atomic E-state index is 0.309. The van der Waals surface area contributed by atoms with Crippen LogP contribution in [0.3, 0.4) is 0 Å². The molecule has 0 aliphatic carbocycles. The van der Waals surface area contributed by atoms with Crippen LogP contribution in [0.15, 0.2) is 29.2 Å². The van der Waals surface area contributed by atoms with Gasteiger partial charge in [-0.05, 0) is 24.3 Å². The van der Waals surface area contributed by atoms with E-state index in [9.17, 15) is 10.2 Å². The molecule has 1 aromatic carbocycles. The average Bonchev–Trinajstić information content (AvgIpc) is 2.60. The zero-order valence-corrected chi connectivity index (χ0v) is 9.88. The number of thioether (sulfide) groups is 1. The van der Waals surface area contributed by atoms with E-state index in [1.54, 1.807) is 12.1 Å². The first kappa shape index (κ1) is 12.7. The number of nitrogen functional groups attached to an aromatic ring is 1. The summed E-state index contributed by atoms with van der Waals surface area (Å²) in [5, 5.41) is 28.3. The Bertz CT molecular complexity index is 372. The highest BCUT2D eigenvalue weighted by atomic mass is 32.2. The SMILES string of the molecule is Nc1ccc(S[C@@H]2O[C@@H](CO)[C@H](O)[C@H]2O)cc1. The number of aliphatic hydroxyl groups is 3. The second-order valence-corrected chi connectivity index (χ2v) is 5.07. The lowest BCUT2D eigenvalue weighted by Gasteiger charge is -2.13. The Morgan fingerprint density at radius 2 is 1.82 bits per heavy atom. The fourth-order valence-corrected chi connectivity index (χ4v) is 2.70. The molecule has 1 fully saturated rings. The number of rotatable bonds is 3. The third-order valence-electron chi connectivity index (χ3n) is 2.63. The normalized spacial score (nSPS) is 32.9. The summed E-state index contributed by atoms with van der Waals surface area (Å²) in [6.07, 6.45) is -2.78. The third kappa shape index (κ3) is 2.72. The monoisotopic (exact) mass is 257 g/mol. The molecule has 5 nitrogen and oxygen atoms in total. The van der Waals surface area contributed by atoms with Crippen LogP contribution in [0.5, 0.6) is 0 Å². The molecular weight excluding hydrogens is 242 g/mol. The summed E-state index contributed by atoms with van der Waals surface area (Å²) in [5.74, 6) is 0. The van der Waals surface area contributed by atoms with Gasteiger partial charge in [-0.25, -0.2) is 0 Å². The van der Waals surface area contributed by atoms with Gasteiger partial charge in [0.1, 0.15) is 23.7 Å². The molecule has 5 N–H and O–H groups in total. The molecule has 0 amide bonds. The van der Waals surface area contributed by atoms with Crippen molar-refractivity contribution in [2.45, 2.75) is 28.6 Å². The maximum atomic E-state index is 9.74. The number of nitrogens with two attached hydrogens (primary N) is 1. The highest BCUT2D eigenvalue weighted by molar-refractivity contribution is 7.99. The van der Waals surface area contributed by atoms with Crippen LogP contribution < -0.4 is 5.73 Å². The molecule has 0 bridgehead atoms. The van der Waals surface area contributed by atoms with E-state index in [4.69, 9.17) is 15.6 Å². The Morgan fingerprint density at radius 3 is 2.35 bits per heavy atom. The van der Waals surface area contributed by atoms with E-state index in [2.05, 4.69) is 0 Å². The van der Waals surface area contributed by atoms with Crippen LogP contribution in [0.1, 0.15) is 0 Å². The van der Waals surface area contributed by atoms with Gasteiger partial charge in [-0.1, -0.05) is 11.8 Å². The van der Waals surface area contributed by atoms with Crippen LogP contribution in [-0.4, -0.2) is 45.7 Å².